The zero-order valence-electron chi connectivity index (χ0n) is 18.8. The first-order chi connectivity index (χ1) is 11.7. The summed E-state index contributed by atoms with van der Waals surface area (Å²) in [5, 5.41) is 8.33. The molecular weight excluding hydrogens is 302 g/mol. The molecule has 25 heavy (non-hydrogen) atoms. The van der Waals surface area contributed by atoms with Crippen LogP contribution in [0.15, 0.2) is 48.1 Å². The fourth-order valence-electron chi connectivity index (χ4n) is 1.95. The fraction of sp³-hybridized carbons (Fsp3) is 0.625. The monoisotopic (exact) mass is 347 g/mol. The molecule has 1 atom stereocenters. The molecule has 0 aromatic carbocycles. The first-order valence-electron chi connectivity index (χ1n) is 9.88. The van der Waals surface area contributed by atoms with E-state index in [0.29, 0.717) is 11.6 Å². The van der Waals surface area contributed by atoms with E-state index in [-0.39, 0.29) is 5.41 Å². The third-order valence-electron chi connectivity index (χ3n) is 3.99. The van der Waals surface area contributed by atoms with Gasteiger partial charge in [-0.05, 0) is 36.3 Å². The highest BCUT2D eigenvalue weighted by molar-refractivity contribution is 6.10. The van der Waals surface area contributed by atoms with Crippen LogP contribution in [0.3, 0.4) is 0 Å². The van der Waals surface area contributed by atoms with Crippen molar-refractivity contribution < 1.29 is 0 Å². The van der Waals surface area contributed by atoms with Crippen molar-refractivity contribution in [3.8, 4) is 0 Å². The van der Waals surface area contributed by atoms with Gasteiger partial charge in [-0.3, -0.25) is 0 Å². The van der Waals surface area contributed by atoms with E-state index in [4.69, 9.17) is 5.41 Å². The quantitative estimate of drug-likeness (QED) is 0.352. The third kappa shape index (κ3) is 14.7. The minimum Gasteiger partial charge on any atom is -0.300 e. The molecule has 0 aliphatic heterocycles. The summed E-state index contributed by atoms with van der Waals surface area (Å²) in [5.74, 6) is 0.328. The maximum atomic E-state index is 8.33. The van der Waals surface area contributed by atoms with Gasteiger partial charge in [-0.15, -0.1) is 0 Å². The summed E-state index contributed by atoms with van der Waals surface area (Å²) in [5.41, 5.74) is 2.79. The minimum atomic E-state index is 0.147. The average molecular weight is 348 g/mol. The van der Waals surface area contributed by atoms with Crippen LogP contribution in [0.2, 0.25) is 0 Å². The van der Waals surface area contributed by atoms with Crippen molar-refractivity contribution in [3.05, 3.63) is 48.1 Å². The second-order valence-corrected chi connectivity index (χ2v) is 7.05. The first-order valence-corrected chi connectivity index (χ1v) is 9.88. The Kier molecular flexibility index (Phi) is 19.9. The number of unbranched alkanes of at least 4 members (excludes halogenated alkanes) is 2. The van der Waals surface area contributed by atoms with Gasteiger partial charge < -0.3 is 5.41 Å². The van der Waals surface area contributed by atoms with Gasteiger partial charge in [0, 0.05) is 0 Å². The van der Waals surface area contributed by atoms with E-state index in [0.717, 1.165) is 11.1 Å². The van der Waals surface area contributed by atoms with Crippen molar-refractivity contribution in [2.24, 2.45) is 11.3 Å². The summed E-state index contributed by atoms with van der Waals surface area (Å²) >= 11 is 0. The van der Waals surface area contributed by atoms with Gasteiger partial charge >= 0.3 is 0 Å². The molecule has 1 N–H and O–H groups in total. The maximum Gasteiger partial charge on any atom is 0.0603 e. The summed E-state index contributed by atoms with van der Waals surface area (Å²) < 4.78 is 0. The number of hydrogen-bond acceptors (Lipinski definition) is 1. The second kappa shape index (κ2) is 17.5. The molecule has 0 spiro atoms. The van der Waals surface area contributed by atoms with E-state index in [1.807, 2.05) is 45.9 Å². The molecule has 0 bridgehead atoms. The lowest BCUT2D eigenvalue weighted by Gasteiger charge is -2.30. The summed E-state index contributed by atoms with van der Waals surface area (Å²) in [6, 6.07) is 0. The van der Waals surface area contributed by atoms with Crippen LogP contribution >= 0.6 is 0 Å². The van der Waals surface area contributed by atoms with Crippen molar-refractivity contribution >= 4 is 5.71 Å². The van der Waals surface area contributed by atoms with E-state index < -0.39 is 0 Å². The van der Waals surface area contributed by atoms with Gasteiger partial charge in [0.15, 0.2) is 0 Å². The number of nitrogens with one attached hydrogen (secondary N) is 1. The maximum absolute atomic E-state index is 8.33. The summed E-state index contributed by atoms with van der Waals surface area (Å²) in [6.07, 6.45) is 13.8. The summed E-state index contributed by atoms with van der Waals surface area (Å²) in [4.78, 5) is 0. The van der Waals surface area contributed by atoms with Crippen LogP contribution in [0.4, 0.5) is 0 Å². The molecule has 0 fully saturated rings. The van der Waals surface area contributed by atoms with Gasteiger partial charge in [-0.25, -0.2) is 0 Å². The molecule has 146 valence electrons. The smallest absolute Gasteiger partial charge is 0.0603 e. The topological polar surface area (TPSA) is 23.9 Å². The van der Waals surface area contributed by atoms with Crippen LogP contribution in [0.25, 0.3) is 0 Å². The SMILES string of the molecule is C=C/C=C(/C)C(=N)/C(=C/C=C\C)C(C)C(C)(C)C.CC.CCCCC. The lowest BCUT2D eigenvalue weighted by molar-refractivity contribution is 0.307. The molecule has 0 heterocycles. The predicted octanol–water partition coefficient (Wildman–Crippen LogP) is 8.55. The van der Waals surface area contributed by atoms with Gasteiger partial charge in [-0.2, -0.15) is 0 Å². The van der Waals surface area contributed by atoms with E-state index in [1.54, 1.807) is 6.08 Å². The van der Waals surface area contributed by atoms with E-state index in [9.17, 15) is 0 Å². The summed E-state index contributed by atoms with van der Waals surface area (Å²) in [6.45, 7) is 24.9. The molecule has 0 aromatic rings. The Morgan fingerprint density at radius 3 is 1.84 bits per heavy atom. The van der Waals surface area contributed by atoms with Gasteiger partial charge in [-0.1, -0.05) is 112 Å². The Balaban J connectivity index is -0.000000588. The van der Waals surface area contributed by atoms with Gasteiger partial charge in [0.1, 0.15) is 0 Å². The zero-order valence-corrected chi connectivity index (χ0v) is 18.8. The largest absolute Gasteiger partial charge is 0.300 e. The Labute approximate surface area is 159 Å². The van der Waals surface area contributed by atoms with Crippen LogP contribution in [0.5, 0.6) is 0 Å². The van der Waals surface area contributed by atoms with Crippen molar-refractivity contribution in [3.63, 3.8) is 0 Å². The molecule has 0 saturated heterocycles. The molecule has 0 amide bonds. The molecule has 0 saturated carbocycles. The highest BCUT2D eigenvalue weighted by atomic mass is 14.5. The molecular formula is C24H45N. The van der Waals surface area contributed by atoms with Crippen molar-refractivity contribution in [1.82, 2.24) is 0 Å². The van der Waals surface area contributed by atoms with E-state index >= 15 is 0 Å². The average Bonchev–Trinajstić information content (AvgIpc) is 2.57. The molecule has 1 heteroatoms. The van der Waals surface area contributed by atoms with E-state index in [1.165, 1.54) is 19.3 Å². The van der Waals surface area contributed by atoms with Crippen LogP contribution in [-0.2, 0) is 0 Å². The van der Waals surface area contributed by atoms with Gasteiger partial charge in [0.2, 0.25) is 0 Å². The Hall–Kier alpha value is -1.37. The number of hydrogen-bond donors (Lipinski definition) is 1. The van der Waals surface area contributed by atoms with Crippen molar-refractivity contribution in [2.45, 2.75) is 88.5 Å². The molecule has 0 aliphatic carbocycles. The van der Waals surface area contributed by atoms with Gasteiger partial charge in [0.05, 0.1) is 5.71 Å². The number of allylic oxidation sites excluding steroid dienone is 7. The molecule has 0 rings (SSSR count). The normalized spacial score (nSPS) is 13.4. The van der Waals surface area contributed by atoms with Crippen LogP contribution in [0, 0.1) is 16.7 Å². The van der Waals surface area contributed by atoms with E-state index in [2.05, 4.69) is 54.2 Å². The fourth-order valence-corrected chi connectivity index (χ4v) is 1.95. The Morgan fingerprint density at radius 1 is 1.08 bits per heavy atom. The van der Waals surface area contributed by atoms with Crippen LogP contribution < -0.4 is 0 Å². The number of rotatable bonds is 7. The van der Waals surface area contributed by atoms with Crippen LogP contribution in [-0.4, -0.2) is 5.71 Å². The predicted molar refractivity (Wildman–Crippen MR) is 120 cm³/mol. The van der Waals surface area contributed by atoms with Gasteiger partial charge in [0.25, 0.3) is 0 Å². The first kappa shape index (κ1) is 28.4. The Bertz CT molecular complexity index is 426. The molecule has 0 radical (unpaired) electrons. The molecule has 1 unspecified atom stereocenters. The van der Waals surface area contributed by atoms with Crippen molar-refractivity contribution in [1.29, 1.82) is 5.41 Å². The Morgan fingerprint density at radius 2 is 1.56 bits per heavy atom. The highest BCUT2D eigenvalue weighted by Gasteiger charge is 2.25. The zero-order chi connectivity index (χ0) is 20.5. The molecule has 0 aliphatic rings. The lowest BCUT2D eigenvalue weighted by atomic mass is 9.75. The van der Waals surface area contributed by atoms with Crippen LogP contribution in [0.1, 0.15) is 88.5 Å². The molecule has 0 aromatic heterocycles. The third-order valence-corrected chi connectivity index (χ3v) is 3.99. The summed E-state index contributed by atoms with van der Waals surface area (Å²) in [7, 11) is 0. The standard InChI is InChI=1S/C17H27N.C5H12.C2H6/c1-8-10-12-15(14(4)17(5,6)7)16(18)13(3)11-9-2;1-3-5-4-2;1-2/h8-12,14,18H,2H2,1,3-7H3;3-5H2,1-2H3;1-2H3/b10-8-,13-11-,15-12+,18-16?;;. The van der Waals surface area contributed by atoms with Crippen molar-refractivity contribution in [2.75, 3.05) is 0 Å². The minimum absolute atomic E-state index is 0.147. The molecule has 1 nitrogen and oxygen atoms in total. The highest BCUT2D eigenvalue weighted by Crippen LogP contribution is 2.33. The second-order valence-electron chi connectivity index (χ2n) is 7.05. The lowest BCUT2D eigenvalue weighted by Crippen LogP contribution is -2.23.